The van der Waals surface area contributed by atoms with Crippen molar-refractivity contribution >= 4 is 15.7 Å². The molecule has 5 nitrogen and oxygen atoms in total. The predicted molar refractivity (Wildman–Crippen MR) is 53.8 cm³/mol. The van der Waals surface area contributed by atoms with Crippen LogP contribution < -0.4 is 0 Å². The third-order valence-electron chi connectivity index (χ3n) is 2.15. The van der Waals surface area contributed by atoms with Crippen LogP contribution in [0.4, 0.5) is 0 Å². The Bertz CT molecular complexity index is 297. The van der Waals surface area contributed by atoms with E-state index in [9.17, 15) is 13.2 Å². The largest absolute Gasteiger partial charge is 0.340 e. The van der Waals surface area contributed by atoms with Crippen molar-refractivity contribution in [3.8, 4) is 0 Å². The lowest BCUT2D eigenvalue weighted by Gasteiger charge is -2.27. The second kappa shape index (κ2) is 4.27. The number of rotatable bonds is 2. The summed E-state index contributed by atoms with van der Waals surface area (Å²) in [5.74, 6) is 0.211. The van der Waals surface area contributed by atoms with E-state index in [0.29, 0.717) is 19.6 Å². The van der Waals surface area contributed by atoms with E-state index in [1.807, 2.05) is 14.1 Å². The summed E-state index contributed by atoms with van der Waals surface area (Å²) in [5.41, 5.74) is 0. The van der Waals surface area contributed by atoms with Crippen LogP contribution in [0.1, 0.15) is 0 Å². The summed E-state index contributed by atoms with van der Waals surface area (Å²) in [4.78, 5) is 14.9. The average Bonchev–Trinajstić information content (AvgIpc) is 2.02. The van der Waals surface area contributed by atoms with Gasteiger partial charge in [0.05, 0.1) is 18.1 Å². The fourth-order valence-electron chi connectivity index (χ4n) is 1.33. The van der Waals surface area contributed by atoms with Crippen molar-refractivity contribution in [2.24, 2.45) is 0 Å². The minimum Gasteiger partial charge on any atom is -0.340 e. The number of likely N-dealkylation sites (N-methyl/N-ethyl adjacent to an activating group) is 1. The van der Waals surface area contributed by atoms with Crippen molar-refractivity contribution in [1.29, 1.82) is 0 Å². The fourth-order valence-corrected chi connectivity index (χ4v) is 2.53. The lowest BCUT2D eigenvalue weighted by Crippen LogP contribution is -2.46. The molecule has 0 N–H and O–H groups in total. The summed E-state index contributed by atoms with van der Waals surface area (Å²) in [7, 11) is 0.751. The van der Waals surface area contributed by atoms with Crippen LogP contribution in [0.2, 0.25) is 0 Å². The fraction of sp³-hybridized carbons (Fsp3) is 0.875. The first-order valence-corrected chi connectivity index (χ1v) is 6.36. The number of carbonyl (C=O) groups is 1. The minimum atomic E-state index is -2.89. The molecule has 0 saturated carbocycles. The predicted octanol–water partition coefficient (Wildman–Crippen LogP) is -1.19. The Labute approximate surface area is 84.6 Å². The molecule has 0 spiro atoms. The molecule has 0 aliphatic carbocycles. The third kappa shape index (κ3) is 3.26. The molecule has 0 radical (unpaired) electrons. The van der Waals surface area contributed by atoms with Gasteiger partial charge in [0.25, 0.3) is 0 Å². The van der Waals surface area contributed by atoms with Crippen molar-refractivity contribution in [3.63, 3.8) is 0 Å². The summed E-state index contributed by atoms with van der Waals surface area (Å²) >= 11 is 0. The number of hydrogen-bond donors (Lipinski definition) is 0. The zero-order chi connectivity index (χ0) is 10.8. The lowest BCUT2D eigenvalue weighted by molar-refractivity contribution is -0.131. The molecule has 0 bridgehead atoms. The summed E-state index contributed by atoms with van der Waals surface area (Å²) in [6.45, 7) is 1.03. The zero-order valence-electron chi connectivity index (χ0n) is 8.56. The highest BCUT2D eigenvalue weighted by Crippen LogP contribution is 2.03. The molecule has 0 aromatic carbocycles. The van der Waals surface area contributed by atoms with Gasteiger partial charge in [0.1, 0.15) is 0 Å². The lowest BCUT2D eigenvalue weighted by atomic mass is 10.4. The maximum absolute atomic E-state index is 11.5. The Morgan fingerprint density at radius 1 is 1.29 bits per heavy atom. The Morgan fingerprint density at radius 3 is 2.21 bits per heavy atom. The first kappa shape index (κ1) is 11.5. The van der Waals surface area contributed by atoms with Crippen molar-refractivity contribution < 1.29 is 13.2 Å². The van der Waals surface area contributed by atoms with E-state index < -0.39 is 9.84 Å². The molecule has 0 atom stereocenters. The molecule has 1 heterocycles. The van der Waals surface area contributed by atoms with Gasteiger partial charge in [0.15, 0.2) is 9.84 Å². The van der Waals surface area contributed by atoms with Gasteiger partial charge in [-0.05, 0) is 14.1 Å². The molecule has 82 valence electrons. The van der Waals surface area contributed by atoms with Gasteiger partial charge in [-0.2, -0.15) is 0 Å². The van der Waals surface area contributed by atoms with E-state index in [1.165, 1.54) is 0 Å². The van der Waals surface area contributed by atoms with Crippen LogP contribution in [0.3, 0.4) is 0 Å². The highest BCUT2D eigenvalue weighted by atomic mass is 32.2. The highest BCUT2D eigenvalue weighted by Gasteiger charge is 2.24. The summed E-state index contributed by atoms with van der Waals surface area (Å²) < 4.78 is 22.2. The molecule has 0 aromatic heterocycles. The Morgan fingerprint density at radius 2 is 1.79 bits per heavy atom. The first-order chi connectivity index (χ1) is 6.41. The summed E-state index contributed by atoms with van der Waals surface area (Å²) in [5, 5.41) is 0. The van der Waals surface area contributed by atoms with Gasteiger partial charge in [-0.25, -0.2) is 8.42 Å². The highest BCUT2D eigenvalue weighted by molar-refractivity contribution is 7.91. The Kier molecular flexibility index (Phi) is 3.49. The normalized spacial score (nSPS) is 21.2. The molecule has 1 amide bonds. The molecule has 1 rings (SSSR count). The van der Waals surface area contributed by atoms with Gasteiger partial charge in [0.2, 0.25) is 5.91 Å². The smallest absolute Gasteiger partial charge is 0.236 e. The van der Waals surface area contributed by atoms with Gasteiger partial charge < -0.3 is 9.80 Å². The maximum Gasteiger partial charge on any atom is 0.236 e. The number of carbonyl (C=O) groups excluding carboxylic acids is 1. The van der Waals surface area contributed by atoms with Gasteiger partial charge in [-0.15, -0.1) is 0 Å². The molecule has 1 saturated heterocycles. The molecule has 0 aromatic rings. The maximum atomic E-state index is 11.5. The second-order valence-electron chi connectivity index (χ2n) is 3.77. The van der Waals surface area contributed by atoms with Crippen molar-refractivity contribution in [2.75, 3.05) is 45.2 Å². The van der Waals surface area contributed by atoms with Crippen LogP contribution in [-0.4, -0.2) is 69.4 Å². The molecule has 1 aliphatic rings. The molecule has 6 heteroatoms. The van der Waals surface area contributed by atoms with Crippen molar-refractivity contribution in [1.82, 2.24) is 9.80 Å². The van der Waals surface area contributed by atoms with Crippen LogP contribution in [0, 0.1) is 0 Å². The van der Waals surface area contributed by atoms with E-state index in [4.69, 9.17) is 0 Å². The average molecular weight is 220 g/mol. The van der Waals surface area contributed by atoms with Gasteiger partial charge in [-0.3, -0.25) is 4.79 Å². The van der Waals surface area contributed by atoms with Crippen LogP contribution in [0.15, 0.2) is 0 Å². The van der Waals surface area contributed by atoms with Crippen LogP contribution >= 0.6 is 0 Å². The van der Waals surface area contributed by atoms with E-state index in [1.54, 1.807) is 9.80 Å². The minimum absolute atomic E-state index is 0.00454. The Balaban J connectivity index is 2.46. The SMILES string of the molecule is CN(C)CC(=O)N1CCS(=O)(=O)CC1. The van der Waals surface area contributed by atoms with E-state index >= 15 is 0 Å². The molecule has 0 unspecified atom stereocenters. The standard InChI is InChI=1S/C8H16N2O3S/c1-9(2)7-8(11)10-3-5-14(12,13)6-4-10/h3-7H2,1-2H3. The van der Waals surface area contributed by atoms with Crippen LogP contribution in [-0.2, 0) is 14.6 Å². The van der Waals surface area contributed by atoms with Gasteiger partial charge in [0, 0.05) is 13.1 Å². The van der Waals surface area contributed by atoms with E-state index in [2.05, 4.69) is 0 Å². The molecular formula is C8H16N2O3S. The number of sulfone groups is 1. The van der Waals surface area contributed by atoms with Gasteiger partial charge >= 0.3 is 0 Å². The zero-order valence-corrected chi connectivity index (χ0v) is 9.38. The van der Waals surface area contributed by atoms with Crippen molar-refractivity contribution in [2.45, 2.75) is 0 Å². The Hall–Kier alpha value is -0.620. The monoisotopic (exact) mass is 220 g/mol. The summed E-state index contributed by atoms with van der Waals surface area (Å²) in [6, 6.07) is 0. The first-order valence-electron chi connectivity index (χ1n) is 4.54. The molecule has 1 fully saturated rings. The van der Waals surface area contributed by atoms with Crippen LogP contribution in [0.25, 0.3) is 0 Å². The number of amides is 1. The van der Waals surface area contributed by atoms with Crippen LogP contribution in [0.5, 0.6) is 0 Å². The van der Waals surface area contributed by atoms with E-state index in [0.717, 1.165) is 0 Å². The number of nitrogens with zero attached hydrogens (tertiary/aromatic N) is 2. The van der Waals surface area contributed by atoms with E-state index in [-0.39, 0.29) is 17.4 Å². The van der Waals surface area contributed by atoms with Gasteiger partial charge in [-0.1, -0.05) is 0 Å². The third-order valence-corrected chi connectivity index (χ3v) is 3.76. The topological polar surface area (TPSA) is 57.7 Å². The second-order valence-corrected chi connectivity index (χ2v) is 6.07. The molecule has 14 heavy (non-hydrogen) atoms. The number of hydrogen-bond acceptors (Lipinski definition) is 4. The summed E-state index contributed by atoms with van der Waals surface area (Å²) in [6.07, 6.45) is 0. The van der Waals surface area contributed by atoms with Crippen molar-refractivity contribution in [3.05, 3.63) is 0 Å². The molecular weight excluding hydrogens is 204 g/mol. The molecule has 1 aliphatic heterocycles. The quantitative estimate of drug-likeness (QED) is 0.587.